The minimum Gasteiger partial charge on any atom is -0.372 e. The molecule has 0 saturated heterocycles. The molecule has 7 nitrogen and oxygen atoms in total. The maximum atomic E-state index is 13.0. The number of hydrogen-bond donors (Lipinski definition) is 1. The van der Waals surface area contributed by atoms with Gasteiger partial charge in [0, 0.05) is 25.4 Å². The number of amides is 2. The Balaban J connectivity index is 1.58. The van der Waals surface area contributed by atoms with E-state index >= 15 is 0 Å². The highest BCUT2D eigenvalue weighted by atomic mass is 16.5. The molecule has 1 atom stereocenters. The third-order valence-corrected chi connectivity index (χ3v) is 4.84. The van der Waals surface area contributed by atoms with E-state index < -0.39 is 0 Å². The fourth-order valence-electron chi connectivity index (χ4n) is 3.50. The van der Waals surface area contributed by atoms with E-state index in [0.29, 0.717) is 38.3 Å². The normalized spacial score (nSPS) is 18.6. The standard InChI is InChI=1S/C18H20N4O3/c1-19-17(23)7-16-9-21(8-15-4-5-20-22(15)16)18(24)12-2-3-13-10-25-11-14(13)6-12/h2-6,16H,7-11H2,1H3,(H,19,23)/t16-/m1/s1. The van der Waals surface area contributed by atoms with Crippen LogP contribution in [0.1, 0.15) is 39.6 Å². The molecule has 1 N–H and O–H groups in total. The smallest absolute Gasteiger partial charge is 0.254 e. The molecule has 2 aliphatic heterocycles. The van der Waals surface area contributed by atoms with Gasteiger partial charge in [0.25, 0.3) is 5.91 Å². The van der Waals surface area contributed by atoms with E-state index in [1.54, 1.807) is 18.1 Å². The summed E-state index contributed by atoms with van der Waals surface area (Å²) in [5.41, 5.74) is 3.83. The topological polar surface area (TPSA) is 76.5 Å². The molecule has 0 spiro atoms. The second kappa shape index (κ2) is 6.33. The average molecular weight is 340 g/mol. The van der Waals surface area contributed by atoms with Crippen LogP contribution < -0.4 is 5.32 Å². The Labute approximate surface area is 145 Å². The first-order chi connectivity index (χ1) is 12.2. The maximum Gasteiger partial charge on any atom is 0.254 e. The lowest BCUT2D eigenvalue weighted by molar-refractivity contribution is -0.121. The zero-order valence-electron chi connectivity index (χ0n) is 14.1. The van der Waals surface area contributed by atoms with Crippen molar-refractivity contribution >= 4 is 11.8 Å². The van der Waals surface area contributed by atoms with Crippen molar-refractivity contribution in [3.05, 3.63) is 52.8 Å². The van der Waals surface area contributed by atoms with Crippen molar-refractivity contribution < 1.29 is 14.3 Å². The molecule has 2 amide bonds. The minimum absolute atomic E-state index is 0.0240. The molecular weight excluding hydrogens is 320 g/mol. The monoisotopic (exact) mass is 340 g/mol. The Hall–Kier alpha value is -2.67. The Morgan fingerprint density at radius 2 is 2.12 bits per heavy atom. The predicted molar refractivity (Wildman–Crippen MR) is 89.6 cm³/mol. The van der Waals surface area contributed by atoms with Crippen LogP contribution in [0.15, 0.2) is 30.5 Å². The van der Waals surface area contributed by atoms with Crippen molar-refractivity contribution in [1.29, 1.82) is 0 Å². The van der Waals surface area contributed by atoms with Crippen LogP contribution in [0.3, 0.4) is 0 Å². The molecule has 1 aromatic heterocycles. The molecule has 130 valence electrons. The minimum atomic E-state index is -0.152. The first-order valence-electron chi connectivity index (χ1n) is 8.37. The van der Waals surface area contributed by atoms with Crippen molar-refractivity contribution in [1.82, 2.24) is 20.0 Å². The van der Waals surface area contributed by atoms with Crippen LogP contribution in [-0.4, -0.2) is 40.1 Å². The number of hydrogen-bond acceptors (Lipinski definition) is 4. The zero-order valence-corrected chi connectivity index (χ0v) is 14.1. The predicted octanol–water partition coefficient (Wildman–Crippen LogP) is 1.25. The third kappa shape index (κ3) is 2.91. The number of carbonyl (C=O) groups is 2. The highest BCUT2D eigenvalue weighted by Gasteiger charge is 2.30. The number of nitrogens with zero attached hydrogens (tertiary/aromatic N) is 3. The number of carbonyl (C=O) groups excluding carboxylic acids is 2. The molecule has 0 fully saturated rings. The summed E-state index contributed by atoms with van der Waals surface area (Å²) < 4.78 is 7.28. The molecule has 25 heavy (non-hydrogen) atoms. The molecule has 2 aromatic rings. The Morgan fingerprint density at radius 3 is 2.96 bits per heavy atom. The summed E-state index contributed by atoms with van der Waals surface area (Å²) in [6.07, 6.45) is 2.01. The van der Waals surface area contributed by atoms with Gasteiger partial charge in [-0.1, -0.05) is 6.07 Å². The number of fused-ring (bicyclic) bond motifs is 2. The molecule has 0 bridgehead atoms. The van der Waals surface area contributed by atoms with E-state index in [1.807, 2.05) is 28.9 Å². The fourth-order valence-corrected chi connectivity index (χ4v) is 3.50. The first kappa shape index (κ1) is 15.8. The van der Waals surface area contributed by atoms with Gasteiger partial charge in [-0.2, -0.15) is 5.10 Å². The van der Waals surface area contributed by atoms with E-state index in [1.165, 1.54) is 0 Å². The lowest BCUT2D eigenvalue weighted by Crippen LogP contribution is -2.42. The largest absolute Gasteiger partial charge is 0.372 e. The lowest BCUT2D eigenvalue weighted by atomic mass is 10.0. The second-order valence-electron chi connectivity index (χ2n) is 6.46. The quantitative estimate of drug-likeness (QED) is 0.912. The van der Waals surface area contributed by atoms with Crippen LogP contribution in [0.4, 0.5) is 0 Å². The summed E-state index contributed by atoms with van der Waals surface area (Å²) in [5, 5.41) is 6.96. The van der Waals surface area contributed by atoms with Gasteiger partial charge in [-0.05, 0) is 29.3 Å². The fraction of sp³-hybridized carbons (Fsp3) is 0.389. The summed E-state index contributed by atoms with van der Waals surface area (Å²) in [4.78, 5) is 26.6. The van der Waals surface area contributed by atoms with Crippen LogP contribution in [-0.2, 0) is 29.3 Å². The Morgan fingerprint density at radius 1 is 1.28 bits per heavy atom. The SMILES string of the molecule is CNC(=O)C[C@@H]1CN(C(=O)c2ccc3c(c2)COC3)Cc2ccnn21. The zero-order chi connectivity index (χ0) is 17.4. The summed E-state index contributed by atoms with van der Waals surface area (Å²) in [7, 11) is 1.62. The number of rotatable bonds is 3. The molecule has 0 aliphatic carbocycles. The van der Waals surface area contributed by atoms with E-state index in [2.05, 4.69) is 10.4 Å². The van der Waals surface area contributed by atoms with Gasteiger partial charge < -0.3 is 15.0 Å². The van der Waals surface area contributed by atoms with Crippen molar-refractivity contribution in [2.24, 2.45) is 0 Å². The van der Waals surface area contributed by atoms with Crippen LogP contribution in [0, 0.1) is 0 Å². The van der Waals surface area contributed by atoms with Gasteiger partial charge in [0.2, 0.25) is 5.91 Å². The molecule has 0 radical (unpaired) electrons. The molecular formula is C18H20N4O3. The van der Waals surface area contributed by atoms with Gasteiger partial charge in [-0.25, -0.2) is 0 Å². The van der Waals surface area contributed by atoms with E-state index in [9.17, 15) is 9.59 Å². The summed E-state index contributed by atoms with van der Waals surface area (Å²) in [5.74, 6) is -0.0838. The number of aromatic nitrogens is 2. The molecule has 0 unspecified atom stereocenters. The van der Waals surface area contributed by atoms with Crippen molar-refractivity contribution in [3.8, 4) is 0 Å². The van der Waals surface area contributed by atoms with E-state index in [-0.39, 0.29) is 17.9 Å². The van der Waals surface area contributed by atoms with E-state index in [0.717, 1.165) is 16.8 Å². The van der Waals surface area contributed by atoms with Crippen molar-refractivity contribution in [2.45, 2.75) is 32.2 Å². The van der Waals surface area contributed by atoms with Gasteiger partial charge in [0.1, 0.15) is 0 Å². The van der Waals surface area contributed by atoms with Crippen molar-refractivity contribution in [3.63, 3.8) is 0 Å². The molecule has 4 rings (SSSR count). The molecule has 7 heteroatoms. The summed E-state index contributed by atoms with van der Waals surface area (Å²) >= 11 is 0. The van der Waals surface area contributed by atoms with E-state index in [4.69, 9.17) is 4.74 Å². The van der Waals surface area contributed by atoms with Crippen molar-refractivity contribution in [2.75, 3.05) is 13.6 Å². The molecule has 0 saturated carbocycles. The van der Waals surface area contributed by atoms with Gasteiger partial charge in [0.05, 0.1) is 37.9 Å². The van der Waals surface area contributed by atoms with Gasteiger partial charge in [-0.15, -0.1) is 0 Å². The maximum absolute atomic E-state index is 13.0. The number of ether oxygens (including phenoxy) is 1. The lowest BCUT2D eigenvalue weighted by Gasteiger charge is -2.33. The second-order valence-corrected chi connectivity index (χ2v) is 6.46. The van der Waals surface area contributed by atoms with Crippen LogP contribution >= 0.6 is 0 Å². The third-order valence-electron chi connectivity index (χ3n) is 4.84. The Bertz CT molecular complexity index is 829. The number of nitrogens with one attached hydrogen (secondary N) is 1. The molecule has 3 heterocycles. The first-order valence-corrected chi connectivity index (χ1v) is 8.37. The average Bonchev–Trinajstić information content (AvgIpc) is 3.29. The van der Waals surface area contributed by atoms with Crippen LogP contribution in [0.2, 0.25) is 0 Å². The molecule has 2 aliphatic rings. The highest BCUT2D eigenvalue weighted by Crippen LogP contribution is 2.26. The number of benzene rings is 1. The molecule has 1 aromatic carbocycles. The Kier molecular flexibility index (Phi) is 4.01. The van der Waals surface area contributed by atoms with Gasteiger partial charge >= 0.3 is 0 Å². The summed E-state index contributed by atoms with van der Waals surface area (Å²) in [6, 6.07) is 7.48. The van der Waals surface area contributed by atoms with Gasteiger partial charge in [0.15, 0.2) is 0 Å². The highest BCUT2D eigenvalue weighted by molar-refractivity contribution is 5.94. The van der Waals surface area contributed by atoms with Gasteiger partial charge in [-0.3, -0.25) is 14.3 Å². The summed E-state index contributed by atoms with van der Waals surface area (Å²) in [6.45, 7) is 2.13. The van der Waals surface area contributed by atoms with Crippen LogP contribution in [0.25, 0.3) is 0 Å². The van der Waals surface area contributed by atoms with Crippen LogP contribution in [0.5, 0.6) is 0 Å².